The van der Waals surface area contributed by atoms with Crippen molar-refractivity contribution in [2.45, 2.75) is 20.0 Å². The van der Waals surface area contributed by atoms with Gasteiger partial charge in [-0.1, -0.05) is 0 Å². The summed E-state index contributed by atoms with van der Waals surface area (Å²) in [7, 11) is 0. The van der Waals surface area contributed by atoms with Gasteiger partial charge in [-0.2, -0.15) is 0 Å². The van der Waals surface area contributed by atoms with Crippen molar-refractivity contribution < 1.29 is 9.13 Å². The Bertz CT molecular complexity index is 37.1. The molecule has 0 aliphatic heterocycles. The second-order valence-corrected chi connectivity index (χ2v) is 1.61. The summed E-state index contributed by atoms with van der Waals surface area (Å²) in [4.78, 5) is 0. The van der Waals surface area contributed by atoms with Crippen LogP contribution in [0.2, 0.25) is 0 Å². The van der Waals surface area contributed by atoms with E-state index in [0.29, 0.717) is 0 Å². The fourth-order valence-corrected chi connectivity index (χ4v) is 0.280. The highest BCUT2D eigenvalue weighted by Crippen LogP contribution is 1.85. The maximum atomic E-state index is 11.2. The third-order valence-corrected chi connectivity index (χ3v) is 0.528. The summed E-state index contributed by atoms with van der Waals surface area (Å²) < 4.78 is 16.0. The average Bonchev–Trinajstić information content (AvgIpc) is 1.61. The molecule has 0 saturated heterocycles. The number of rotatable bonds is 3. The van der Waals surface area contributed by atoms with Gasteiger partial charge in [-0.3, -0.25) is 0 Å². The van der Waals surface area contributed by atoms with E-state index in [-0.39, 0.29) is 19.4 Å². The molecule has 44 valence electrons. The van der Waals surface area contributed by atoms with Crippen LogP contribution in [0.25, 0.3) is 0 Å². The average molecular weight is 105 g/mol. The standard InChI is InChI=1S/C5H11FO/c1-5(2)7-4-3-6/h5H,3-4H2,1-2H3/i6-1. The highest BCUT2D eigenvalue weighted by atomic mass is 18.2. The van der Waals surface area contributed by atoms with Crippen molar-refractivity contribution in [2.75, 3.05) is 13.3 Å². The first-order valence-corrected chi connectivity index (χ1v) is 2.45. The van der Waals surface area contributed by atoms with E-state index in [9.17, 15) is 4.39 Å². The van der Waals surface area contributed by atoms with Crippen molar-refractivity contribution in [3.8, 4) is 0 Å². The predicted octanol–water partition coefficient (Wildman–Crippen LogP) is 1.38. The minimum atomic E-state index is -0.377. The van der Waals surface area contributed by atoms with Crippen LogP contribution in [0.15, 0.2) is 0 Å². The van der Waals surface area contributed by atoms with Crippen LogP contribution in [0.1, 0.15) is 13.8 Å². The lowest BCUT2D eigenvalue weighted by Crippen LogP contribution is -2.04. The van der Waals surface area contributed by atoms with Gasteiger partial charge in [0.2, 0.25) is 0 Å². The summed E-state index contributed by atoms with van der Waals surface area (Å²) in [5.74, 6) is 0. The zero-order valence-corrected chi connectivity index (χ0v) is 4.78. The van der Waals surface area contributed by atoms with Gasteiger partial charge in [-0.05, 0) is 13.8 Å². The smallest absolute Gasteiger partial charge is 0.113 e. The van der Waals surface area contributed by atoms with Crippen molar-refractivity contribution in [1.82, 2.24) is 0 Å². The monoisotopic (exact) mass is 105 g/mol. The molecule has 0 aromatic rings. The van der Waals surface area contributed by atoms with Crippen LogP contribution in [-0.2, 0) is 4.74 Å². The molecular weight excluding hydrogens is 94.1 g/mol. The Balaban J connectivity index is 2.68. The largest absolute Gasteiger partial charge is 0.376 e. The van der Waals surface area contributed by atoms with Crippen LogP contribution < -0.4 is 0 Å². The van der Waals surface area contributed by atoms with Gasteiger partial charge in [-0.15, -0.1) is 0 Å². The number of ether oxygens (including phenoxy) is 1. The van der Waals surface area contributed by atoms with Gasteiger partial charge in [0.1, 0.15) is 6.67 Å². The highest BCUT2D eigenvalue weighted by Gasteiger charge is 1.88. The summed E-state index contributed by atoms with van der Waals surface area (Å²) in [6.07, 6.45) is 0.163. The first-order chi connectivity index (χ1) is 3.27. The van der Waals surface area contributed by atoms with Gasteiger partial charge in [0.15, 0.2) is 0 Å². The topological polar surface area (TPSA) is 9.23 Å². The van der Waals surface area contributed by atoms with E-state index in [1.54, 1.807) is 0 Å². The molecule has 0 aliphatic carbocycles. The zero-order valence-electron chi connectivity index (χ0n) is 4.78. The number of hydrogen-bond donors (Lipinski definition) is 0. The minimum Gasteiger partial charge on any atom is -0.376 e. The van der Waals surface area contributed by atoms with Gasteiger partial charge in [0.25, 0.3) is 0 Å². The van der Waals surface area contributed by atoms with E-state index in [0.717, 1.165) is 0 Å². The lowest BCUT2D eigenvalue weighted by Gasteiger charge is -2.01. The number of alkyl halides is 1. The summed E-state index contributed by atoms with van der Waals surface area (Å²) in [5.41, 5.74) is 0. The number of hydrogen-bond acceptors (Lipinski definition) is 1. The van der Waals surface area contributed by atoms with Crippen LogP contribution in [-0.4, -0.2) is 19.4 Å². The third-order valence-electron chi connectivity index (χ3n) is 0.528. The quantitative estimate of drug-likeness (QED) is 0.527. The molecule has 0 fully saturated rings. The molecule has 2 heteroatoms. The Kier molecular flexibility index (Phi) is 4.00. The Morgan fingerprint density at radius 1 is 1.57 bits per heavy atom. The molecule has 0 radical (unpaired) electrons. The third kappa shape index (κ3) is 5.89. The van der Waals surface area contributed by atoms with E-state index in [1.165, 1.54) is 0 Å². The van der Waals surface area contributed by atoms with Crippen LogP contribution in [0.5, 0.6) is 0 Å². The summed E-state index contributed by atoms with van der Waals surface area (Å²) >= 11 is 0. The maximum Gasteiger partial charge on any atom is 0.113 e. The molecule has 7 heavy (non-hydrogen) atoms. The summed E-state index contributed by atoms with van der Waals surface area (Å²) in [6.45, 7) is 3.63. The Hall–Kier alpha value is -0.110. The molecule has 0 rings (SSSR count). The van der Waals surface area contributed by atoms with Crippen molar-refractivity contribution in [2.24, 2.45) is 0 Å². The minimum absolute atomic E-state index is 0.163. The van der Waals surface area contributed by atoms with E-state index in [4.69, 9.17) is 4.74 Å². The molecule has 0 amide bonds. The second-order valence-electron chi connectivity index (χ2n) is 1.61. The molecule has 1 nitrogen and oxygen atoms in total. The van der Waals surface area contributed by atoms with E-state index >= 15 is 0 Å². The SMILES string of the molecule is CC(C)OCC[18F]. The summed E-state index contributed by atoms with van der Waals surface area (Å²) in [5, 5.41) is 0. The van der Waals surface area contributed by atoms with Gasteiger partial charge in [-0.25, -0.2) is 4.39 Å². The van der Waals surface area contributed by atoms with Crippen LogP contribution >= 0.6 is 0 Å². The molecule has 0 spiro atoms. The molecule has 0 aromatic heterocycles. The molecule has 0 saturated carbocycles. The van der Waals surface area contributed by atoms with E-state index in [2.05, 4.69) is 0 Å². The van der Waals surface area contributed by atoms with Gasteiger partial charge in [0, 0.05) is 0 Å². The van der Waals surface area contributed by atoms with E-state index in [1.807, 2.05) is 13.8 Å². The first kappa shape index (κ1) is 6.89. The molecular formula is C5H11FO. The van der Waals surface area contributed by atoms with Gasteiger partial charge >= 0.3 is 0 Å². The van der Waals surface area contributed by atoms with Crippen molar-refractivity contribution in [3.63, 3.8) is 0 Å². The van der Waals surface area contributed by atoms with E-state index < -0.39 is 0 Å². The molecule has 0 aliphatic rings. The van der Waals surface area contributed by atoms with Crippen molar-refractivity contribution in [3.05, 3.63) is 0 Å². The molecule has 0 atom stereocenters. The maximum absolute atomic E-state index is 11.2. The second kappa shape index (κ2) is 4.06. The highest BCUT2D eigenvalue weighted by molar-refractivity contribution is 4.33. The van der Waals surface area contributed by atoms with Crippen molar-refractivity contribution >= 4 is 0 Å². The van der Waals surface area contributed by atoms with Crippen LogP contribution in [0.4, 0.5) is 4.39 Å². The lowest BCUT2D eigenvalue weighted by atomic mass is 10.5. The number of halogens is 1. The normalized spacial score (nSPS) is 10.3. The Morgan fingerprint density at radius 2 is 2.14 bits per heavy atom. The fourth-order valence-electron chi connectivity index (χ4n) is 0.280. The summed E-state index contributed by atoms with van der Waals surface area (Å²) in [6, 6.07) is 0. The predicted molar refractivity (Wildman–Crippen MR) is 27.1 cm³/mol. The first-order valence-electron chi connectivity index (χ1n) is 2.45. The lowest BCUT2D eigenvalue weighted by molar-refractivity contribution is 0.0681. The fraction of sp³-hybridized carbons (Fsp3) is 1.00. The van der Waals surface area contributed by atoms with Crippen molar-refractivity contribution in [1.29, 1.82) is 0 Å². The molecule has 0 heterocycles. The van der Waals surface area contributed by atoms with Crippen LogP contribution in [0.3, 0.4) is 0 Å². The zero-order chi connectivity index (χ0) is 5.70. The Morgan fingerprint density at radius 3 is 2.29 bits per heavy atom. The van der Waals surface area contributed by atoms with Gasteiger partial charge in [0.05, 0.1) is 12.7 Å². The Labute approximate surface area is 43.5 Å². The molecule has 0 bridgehead atoms. The molecule has 0 aromatic carbocycles. The van der Waals surface area contributed by atoms with Crippen LogP contribution in [0, 0.1) is 0 Å². The van der Waals surface area contributed by atoms with Gasteiger partial charge < -0.3 is 4.74 Å². The molecule has 0 N–H and O–H groups in total. The molecule has 0 unspecified atom stereocenters.